The molecule has 0 saturated carbocycles. The van der Waals surface area contributed by atoms with Crippen LogP contribution >= 0.6 is 11.3 Å². The number of carbonyl (C=O) groups excluding carboxylic acids is 1. The van der Waals surface area contributed by atoms with Crippen molar-refractivity contribution in [2.45, 2.75) is 18.8 Å². The van der Waals surface area contributed by atoms with Crippen LogP contribution in [0.2, 0.25) is 0 Å². The lowest BCUT2D eigenvalue weighted by Gasteiger charge is -2.31. The van der Waals surface area contributed by atoms with Crippen LogP contribution in [0.25, 0.3) is 21.7 Å². The fourth-order valence-electron chi connectivity index (χ4n) is 3.76. The third-order valence-electron chi connectivity index (χ3n) is 5.23. The zero-order valence-corrected chi connectivity index (χ0v) is 15.5. The van der Waals surface area contributed by atoms with Crippen LogP contribution in [0.1, 0.15) is 34.9 Å². The van der Waals surface area contributed by atoms with Crippen LogP contribution in [0.4, 0.5) is 0 Å². The molecule has 3 aromatic heterocycles. The molecule has 4 heterocycles. The van der Waals surface area contributed by atoms with Gasteiger partial charge in [-0.1, -0.05) is 18.2 Å². The van der Waals surface area contributed by atoms with E-state index in [1.54, 1.807) is 6.26 Å². The van der Waals surface area contributed by atoms with Gasteiger partial charge in [0.2, 0.25) is 0 Å². The molecule has 1 aliphatic heterocycles. The summed E-state index contributed by atoms with van der Waals surface area (Å²) < 4.78 is 5.37. The Hall–Kier alpha value is -2.86. The molecule has 136 valence electrons. The predicted octanol–water partition coefficient (Wildman–Crippen LogP) is 4.90. The number of nitrogens with zero attached hydrogens (tertiary/aromatic N) is 2. The minimum absolute atomic E-state index is 0.0131. The predicted molar refractivity (Wildman–Crippen MR) is 106 cm³/mol. The van der Waals surface area contributed by atoms with Gasteiger partial charge in [0.1, 0.15) is 5.69 Å². The van der Waals surface area contributed by atoms with Gasteiger partial charge >= 0.3 is 0 Å². The van der Waals surface area contributed by atoms with Gasteiger partial charge in [-0.25, -0.2) is 4.98 Å². The van der Waals surface area contributed by atoms with Crippen LogP contribution in [0.3, 0.4) is 0 Å². The SMILES string of the molecule is O=C(c1csc(-c2ccco2)n1)N1CCC(c2cc3ccccc3[nH]2)CC1. The number of piperidine rings is 1. The Bertz CT molecular complexity index is 1040. The summed E-state index contributed by atoms with van der Waals surface area (Å²) in [5, 5.41) is 3.82. The van der Waals surface area contributed by atoms with Gasteiger partial charge in [0, 0.05) is 35.6 Å². The Balaban J connectivity index is 1.26. The van der Waals surface area contributed by atoms with E-state index in [9.17, 15) is 4.79 Å². The minimum Gasteiger partial charge on any atom is -0.462 e. The first-order valence-electron chi connectivity index (χ1n) is 9.14. The second-order valence-corrected chi connectivity index (χ2v) is 7.75. The number of furan rings is 1. The Morgan fingerprint density at radius 3 is 2.81 bits per heavy atom. The average Bonchev–Trinajstić information content (AvgIpc) is 3.47. The highest BCUT2D eigenvalue weighted by Crippen LogP contribution is 2.31. The molecule has 1 N–H and O–H groups in total. The third kappa shape index (κ3) is 3.06. The molecule has 4 aromatic rings. The van der Waals surface area contributed by atoms with Crippen molar-refractivity contribution in [1.29, 1.82) is 0 Å². The van der Waals surface area contributed by atoms with Crippen LogP contribution in [0.5, 0.6) is 0 Å². The molecule has 1 aromatic carbocycles. The number of benzene rings is 1. The van der Waals surface area contributed by atoms with Gasteiger partial charge < -0.3 is 14.3 Å². The smallest absolute Gasteiger partial charge is 0.273 e. The lowest BCUT2D eigenvalue weighted by molar-refractivity contribution is 0.0707. The van der Waals surface area contributed by atoms with Crippen molar-refractivity contribution < 1.29 is 9.21 Å². The van der Waals surface area contributed by atoms with Crippen LogP contribution in [-0.4, -0.2) is 33.9 Å². The van der Waals surface area contributed by atoms with E-state index < -0.39 is 0 Å². The van der Waals surface area contributed by atoms with Crippen molar-refractivity contribution in [3.8, 4) is 10.8 Å². The third-order valence-corrected chi connectivity index (χ3v) is 6.08. The average molecular weight is 377 g/mol. The van der Waals surface area contributed by atoms with Gasteiger partial charge in [0.15, 0.2) is 10.8 Å². The highest BCUT2D eigenvalue weighted by atomic mass is 32.1. The molecule has 1 amide bonds. The van der Waals surface area contributed by atoms with Crippen LogP contribution in [0, 0.1) is 0 Å². The Morgan fingerprint density at radius 1 is 1.19 bits per heavy atom. The highest BCUT2D eigenvalue weighted by Gasteiger charge is 2.27. The van der Waals surface area contributed by atoms with Gasteiger partial charge in [-0.15, -0.1) is 11.3 Å². The standard InChI is InChI=1S/C21H19N3O2S/c25-21(18-13-27-20(23-18)19-6-3-11-26-19)24-9-7-14(8-10-24)17-12-15-4-1-2-5-16(15)22-17/h1-6,11-14,22H,7-10H2. The zero-order valence-electron chi connectivity index (χ0n) is 14.7. The van der Waals surface area contributed by atoms with Crippen molar-refractivity contribution >= 4 is 28.1 Å². The topological polar surface area (TPSA) is 62.1 Å². The Morgan fingerprint density at radius 2 is 2.04 bits per heavy atom. The van der Waals surface area contributed by atoms with Gasteiger partial charge in [-0.05, 0) is 42.5 Å². The normalized spacial score (nSPS) is 15.5. The second-order valence-electron chi connectivity index (χ2n) is 6.89. The van der Waals surface area contributed by atoms with E-state index in [2.05, 4.69) is 40.3 Å². The van der Waals surface area contributed by atoms with Gasteiger partial charge in [-0.2, -0.15) is 0 Å². The van der Waals surface area contributed by atoms with Gasteiger partial charge in [-0.3, -0.25) is 4.79 Å². The molecule has 0 unspecified atom stereocenters. The summed E-state index contributed by atoms with van der Waals surface area (Å²) in [4.78, 5) is 22.7. The quantitative estimate of drug-likeness (QED) is 0.552. The zero-order chi connectivity index (χ0) is 18.2. The maximum Gasteiger partial charge on any atom is 0.273 e. The second kappa shape index (κ2) is 6.70. The number of nitrogens with one attached hydrogen (secondary N) is 1. The Labute approximate surface area is 160 Å². The lowest BCUT2D eigenvalue weighted by Crippen LogP contribution is -2.38. The van der Waals surface area contributed by atoms with Crippen LogP contribution in [0.15, 0.2) is 58.5 Å². The number of aromatic nitrogens is 2. The lowest BCUT2D eigenvalue weighted by atomic mass is 9.93. The van der Waals surface area contributed by atoms with Crippen LogP contribution in [-0.2, 0) is 0 Å². The summed E-state index contributed by atoms with van der Waals surface area (Å²) in [6, 6.07) is 14.3. The molecule has 27 heavy (non-hydrogen) atoms. The number of carbonyl (C=O) groups is 1. The van der Waals surface area contributed by atoms with Crippen molar-refractivity contribution in [1.82, 2.24) is 14.9 Å². The number of H-pyrrole nitrogens is 1. The largest absolute Gasteiger partial charge is 0.462 e. The summed E-state index contributed by atoms with van der Waals surface area (Å²) in [6.45, 7) is 1.51. The number of hydrogen-bond donors (Lipinski definition) is 1. The molecule has 1 aliphatic rings. The fourth-order valence-corrected chi connectivity index (χ4v) is 4.52. The van der Waals surface area contributed by atoms with Gasteiger partial charge in [0.25, 0.3) is 5.91 Å². The number of para-hydroxylation sites is 1. The molecule has 5 rings (SSSR count). The molecule has 6 heteroatoms. The van der Waals surface area contributed by atoms with E-state index in [-0.39, 0.29) is 5.91 Å². The van der Waals surface area contributed by atoms with E-state index in [1.165, 1.54) is 27.9 Å². The van der Waals surface area contributed by atoms with E-state index >= 15 is 0 Å². The number of fused-ring (bicyclic) bond motifs is 1. The number of aromatic amines is 1. The van der Waals surface area contributed by atoms with Crippen LogP contribution < -0.4 is 0 Å². The molecular weight excluding hydrogens is 358 g/mol. The van der Waals surface area contributed by atoms with E-state index in [0.717, 1.165) is 30.9 Å². The Kier molecular flexibility index (Phi) is 4.05. The van der Waals surface area contributed by atoms with E-state index in [4.69, 9.17) is 4.42 Å². The molecular formula is C21H19N3O2S. The minimum atomic E-state index is 0.0131. The van der Waals surface area contributed by atoms with E-state index in [1.807, 2.05) is 22.4 Å². The monoisotopic (exact) mass is 377 g/mol. The van der Waals surface area contributed by atoms with Crippen molar-refractivity contribution in [2.75, 3.05) is 13.1 Å². The summed E-state index contributed by atoms with van der Waals surface area (Å²) in [6.07, 6.45) is 3.55. The molecule has 0 spiro atoms. The summed E-state index contributed by atoms with van der Waals surface area (Å²) >= 11 is 1.44. The summed E-state index contributed by atoms with van der Waals surface area (Å²) in [5.41, 5.74) is 2.96. The van der Waals surface area contributed by atoms with Gasteiger partial charge in [0.05, 0.1) is 6.26 Å². The number of amides is 1. The first kappa shape index (κ1) is 16.3. The first-order valence-corrected chi connectivity index (χ1v) is 10.0. The molecule has 1 saturated heterocycles. The molecule has 5 nitrogen and oxygen atoms in total. The maximum absolute atomic E-state index is 12.8. The maximum atomic E-state index is 12.8. The van der Waals surface area contributed by atoms with Crippen molar-refractivity contribution in [2.24, 2.45) is 0 Å². The fraction of sp³-hybridized carbons (Fsp3) is 0.238. The number of thiazole rings is 1. The highest BCUT2D eigenvalue weighted by molar-refractivity contribution is 7.13. The first-order chi connectivity index (χ1) is 13.3. The van der Waals surface area contributed by atoms with E-state index in [0.29, 0.717) is 17.4 Å². The summed E-state index contributed by atoms with van der Waals surface area (Å²) in [7, 11) is 0. The van der Waals surface area contributed by atoms with Crippen molar-refractivity contribution in [3.63, 3.8) is 0 Å². The molecule has 1 fully saturated rings. The molecule has 0 bridgehead atoms. The number of likely N-dealkylation sites (tertiary alicyclic amines) is 1. The van der Waals surface area contributed by atoms with Crippen molar-refractivity contribution in [3.05, 3.63) is 65.5 Å². The number of rotatable bonds is 3. The molecule has 0 radical (unpaired) electrons. The summed E-state index contributed by atoms with van der Waals surface area (Å²) in [5.74, 6) is 1.19. The molecule has 0 aliphatic carbocycles. The molecule has 0 atom stereocenters. The number of hydrogen-bond acceptors (Lipinski definition) is 4.